The molecule has 4 rings (SSSR count). The summed E-state index contributed by atoms with van der Waals surface area (Å²) in [6.45, 7) is -0.0875. The fraction of sp³-hybridized carbons (Fsp3) is 0.240. The molecule has 10 nitrogen and oxygen atoms in total. The Morgan fingerprint density at radius 3 is 2.66 bits per heavy atom. The Labute approximate surface area is 202 Å². The van der Waals surface area contributed by atoms with Gasteiger partial charge in [-0.25, -0.2) is 9.97 Å². The number of fused-ring (bicyclic) bond motifs is 1. The number of aromatic nitrogens is 2. The third kappa shape index (κ3) is 5.61. The van der Waals surface area contributed by atoms with E-state index in [1.54, 1.807) is 36.4 Å². The molecule has 0 bridgehead atoms. The number of rotatable bonds is 10. The highest BCUT2D eigenvalue weighted by Crippen LogP contribution is 2.30. The average Bonchev–Trinajstić information content (AvgIpc) is 3.69. The summed E-state index contributed by atoms with van der Waals surface area (Å²) in [4.78, 5) is 32.9. The van der Waals surface area contributed by atoms with Crippen LogP contribution < -0.4 is 27.5 Å². The Hall–Kier alpha value is -4.31. The number of primary amides is 1. The van der Waals surface area contributed by atoms with E-state index in [1.165, 1.54) is 12.4 Å². The summed E-state index contributed by atoms with van der Waals surface area (Å²) >= 11 is 0. The first-order valence-corrected chi connectivity index (χ1v) is 11.3. The van der Waals surface area contributed by atoms with Crippen molar-refractivity contribution in [2.45, 2.75) is 25.3 Å². The van der Waals surface area contributed by atoms with Gasteiger partial charge in [0, 0.05) is 29.7 Å². The monoisotopic (exact) mass is 474 g/mol. The average molecular weight is 475 g/mol. The number of para-hydroxylation sites is 1. The second-order valence-corrected chi connectivity index (χ2v) is 8.45. The van der Waals surface area contributed by atoms with Crippen LogP contribution in [0.25, 0.3) is 10.9 Å². The number of anilines is 2. The Balaban J connectivity index is 1.57. The third-order valence-corrected chi connectivity index (χ3v) is 5.84. The maximum Gasteiger partial charge on any atom is 0.271 e. The third-order valence-electron chi connectivity index (χ3n) is 5.84. The van der Waals surface area contributed by atoms with Gasteiger partial charge in [0.2, 0.25) is 0 Å². The quantitative estimate of drug-likeness (QED) is 0.184. The normalized spacial score (nSPS) is 14.4. The van der Waals surface area contributed by atoms with Gasteiger partial charge >= 0.3 is 0 Å². The van der Waals surface area contributed by atoms with Crippen molar-refractivity contribution in [2.24, 2.45) is 17.4 Å². The number of hydrogen-bond donors (Lipinski definition) is 6. The van der Waals surface area contributed by atoms with Gasteiger partial charge in [-0.1, -0.05) is 18.2 Å². The summed E-state index contributed by atoms with van der Waals surface area (Å²) in [5.41, 5.74) is 14.1. The predicted octanol–water partition coefficient (Wildman–Crippen LogP) is 0.656. The minimum absolute atomic E-state index is 0.0440. The Morgan fingerprint density at radius 2 is 1.94 bits per heavy atom. The number of hydrogen-bond acceptors (Lipinski definition) is 7. The fourth-order valence-electron chi connectivity index (χ4n) is 3.83. The molecule has 1 unspecified atom stereocenters. The number of carbonyl (C=O) groups excluding carboxylic acids is 2. The molecule has 180 valence electrons. The van der Waals surface area contributed by atoms with Crippen LogP contribution in [0.1, 0.15) is 41.2 Å². The molecule has 1 aromatic heterocycles. The Bertz CT molecular complexity index is 1320. The molecule has 1 saturated carbocycles. The van der Waals surface area contributed by atoms with Crippen LogP contribution in [0.4, 0.5) is 11.5 Å². The maximum absolute atomic E-state index is 12.5. The van der Waals surface area contributed by atoms with Gasteiger partial charge in [-0.05, 0) is 49.1 Å². The lowest BCUT2D eigenvalue weighted by atomic mass is 10.0. The highest BCUT2D eigenvalue weighted by molar-refractivity contribution is 6.08. The number of benzene rings is 2. The van der Waals surface area contributed by atoms with Crippen LogP contribution >= 0.6 is 0 Å². The van der Waals surface area contributed by atoms with Gasteiger partial charge in [-0.3, -0.25) is 15.0 Å². The minimum atomic E-state index is -0.583. The van der Waals surface area contributed by atoms with Crippen LogP contribution in [0.15, 0.2) is 60.6 Å². The van der Waals surface area contributed by atoms with Crippen molar-refractivity contribution >= 4 is 39.9 Å². The summed E-state index contributed by atoms with van der Waals surface area (Å²) in [5, 5.41) is 22.4. The molecule has 3 aromatic rings. The van der Waals surface area contributed by atoms with Crippen molar-refractivity contribution in [3.63, 3.8) is 0 Å². The van der Waals surface area contributed by atoms with Crippen LogP contribution in [0.3, 0.4) is 0 Å². The van der Waals surface area contributed by atoms with Crippen molar-refractivity contribution < 1.29 is 20.1 Å². The number of nitrogens with two attached hydrogens (primary N) is 3. The Kier molecular flexibility index (Phi) is 7.02. The van der Waals surface area contributed by atoms with Crippen LogP contribution in [0.5, 0.6) is 0 Å². The maximum atomic E-state index is 12.5. The molecule has 1 aliphatic rings. The topological polar surface area (TPSA) is 182 Å². The van der Waals surface area contributed by atoms with E-state index >= 15 is 0 Å². The number of nitrogens with one attached hydrogen (secondary N) is 2. The van der Waals surface area contributed by atoms with Gasteiger partial charge in [0.1, 0.15) is 17.8 Å². The predicted molar refractivity (Wildman–Crippen MR) is 133 cm³/mol. The standard InChI is InChI=1S/C25H27N7O3/c26-19(14-7-8-14)12-20(27)25(35)31-16-4-1-3-15(11-16)21(9-10-33)32-24-18-6-2-5-17(23(28)34)22(18)29-13-30-24/h1-6,11-14,21,26,33H,7-10,27H2,(H2,28,34)(H,31,35)(H,29,30,32)/p+1/b20-12-,26-19?. The molecule has 0 saturated heterocycles. The molecule has 1 heterocycles. The van der Waals surface area contributed by atoms with Gasteiger partial charge in [0.05, 0.1) is 17.1 Å². The molecule has 10 heteroatoms. The van der Waals surface area contributed by atoms with Crippen LogP contribution in [-0.2, 0) is 4.79 Å². The first-order chi connectivity index (χ1) is 16.9. The molecule has 9 N–H and O–H groups in total. The van der Waals surface area contributed by atoms with Crippen molar-refractivity contribution in [1.82, 2.24) is 9.97 Å². The molecule has 1 atom stereocenters. The van der Waals surface area contributed by atoms with E-state index in [-0.39, 0.29) is 18.3 Å². The van der Waals surface area contributed by atoms with E-state index in [0.717, 1.165) is 18.4 Å². The zero-order valence-corrected chi connectivity index (χ0v) is 19.1. The van der Waals surface area contributed by atoms with E-state index in [4.69, 9.17) is 16.9 Å². The van der Waals surface area contributed by atoms with E-state index in [1.807, 2.05) is 6.07 Å². The number of amides is 2. The molecule has 1 aliphatic carbocycles. The first-order valence-electron chi connectivity index (χ1n) is 11.3. The van der Waals surface area contributed by atoms with E-state index in [2.05, 4.69) is 20.6 Å². The summed E-state index contributed by atoms with van der Waals surface area (Å²) in [6.07, 6.45) is 5.28. The lowest BCUT2D eigenvalue weighted by molar-refractivity contribution is -0.117. The molecule has 0 spiro atoms. The number of aliphatic hydroxyl groups excluding tert-OH is 1. The second-order valence-electron chi connectivity index (χ2n) is 8.45. The zero-order valence-electron chi connectivity index (χ0n) is 19.1. The van der Waals surface area contributed by atoms with E-state index in [0.29, 0.717) is 46.0 Å². The molecule has 0 aliphatic heterocycles. The largest absolute Gasteiger partial charge is 0.396 e. The molecular weight excluding hydrogens is 446 g/mol. The smallest absolute Gasteiger partial charge is 0.271 e. The zero-order chi connectivity index (χ0) is 24.9. The highest BCUT2D eigenvalue weighted by atomic mass is 16.3. The van der Waals surface area contributed by atoms with Crippen LogP contribution in [0, 0.1) is 5.92 Å². The van der Waals surface area contributed by atoms with Gasteiger partial charge in [0.25, 0.3) is 11.8 Å². The molecule has 1 fully saturated rings. The SMILES string of the molecule is NC(=O)c1cccc2c(NC(CCO)c3cccc(NC(=O)/C(N)=C/C(=[NH2+])C4CC4)c3)ncnc12. The summed E-state index contributed by atoms with van der Waals surface area (Å²) in [6, 6.07) is 12.0. The minimum Gasteiger partial charge on any atom is -0.396 e. The number of allylic oxidation sites excluding steroid dienone is 1. The van der Waals surface area contributed by atoms with Crippen molar-refractivity contribution in [2.75, 3.05) is 17.2 Å². The molecule has 2 aromatic carbocycles. The molecular formula is C25H28N7O3+. The van der Waals surface area contributed by atoms with Crippen LogP contribution in [-0.4, -0.2) is 39.2 Å². The molecule has 0 radical (unpaired) electrons. The van der Waals surface area contributed by atoms with E-state index in [9.17, 15) is 14.7 Å². The molecule has 35 heavy (non-hydrogen) atoms. The van der Waals surface area contributed by atoms with Gasteiger partial charge < -0.3 is 27.2 Å². The number of aliphatic hydroxyl groups is 1. The summed E-state index contributed by atoms with van der Waals surface area (Å²) < 4.78 is 0. The number of carbonyl (C=O) groups is 2. The lowest BCUT2D eigenvalue weighted by Crippen LogP contribution is -2.40. The second kappa shape index (κ2) is 10.3. The van der Waals surface area contributed by atoms with E-state index < -0.39 is 11.8 Å². The van der Waals surface area contributed by atoms with Crippen molar-refractivity contribution in [3.8, 4) is 0 Å². The summed E-state index contributed by atoms with van der Waals surface area (Å²) in [7, 11) is 0. The van der Waals surface area contributed by atoms with Crippen molar-refractivity contribution in [3.05, 3.63) is 71.7 Å². The highest BCUT2D eigenvalue weighted by Gasteiger charge is 2.29. The van der Waals surface area contributed by atoms with Gasteiger partial charge in [0.15, 0.2) is 5.71 Å². The first kappa shape index (κ1) is 23.8. The Morgan fingerprint density at radius 1 is 1.17 bits per heavy atom. The summed E-state index contributed by atoms with van der Waals surface area (Å²) in [5.74, 6) is -0.227. The van der Waals surface area contributed by atoms with Crippen LogP contribution in [0.2, 0.25) is 0 Å². The van der Waals surface area contributed by atoms with Crippen molar-refractivity contribution in [1.29, 1.82) is 0 Å². The fourth-order valence-corrected chi connectivity index (χ4v) is 3.83. The lowest BCUT2D eigenvalue weighted by Gasteiger charge is -2.21. The molecule has 2 amide bonds. The number of nitrogens with zero attached hydrogens (tertiary/aromatic N) is 2. The van der Waals surface area contributed by atoms with Gasteiger partial charge in [-0.2, -0.15) is 0 Å². The van der Waals surface area contributed by atoms with Gasteiger partial charge in [-0.15, -0.1) is 0 Å².